The van der Waals surface area contributed by atoms with E-state index < -0.39 is 0 Å². The van der Waals surface area contributed by atoms with Gasteiger partial charge in [0.05, 0.1) is 11.6 Å². The predicted octanol–water partition coefficient (Wildman–Crippen LogP) is 3.06. The standard InChI is InChI=1S/C16H23N3/c1-12-9-14(6-5-13(12)10-17)19-11-15-16(2,3)7-4-8-18-15/h5-6,9,15,18-19H,4,7-8,11H2,1-3H3. The maximum atomic E-state index is 8.93. The van der Waals surface area contributed by atoms with Gasteiger partial charge in [0.2, 0.25) is 0 Å². The first kappa shape index (κ1) is 13.9. The van der Waals surface area contributed by atoms with Gasteiger partial charge in [0.15, 0.2) is 0 Å². The van der Waals surface area contributed by atoms with Gasteiger partial charge in [0.25, 0.3) is 0 Å². The molecule has 1 unspecified atom stereocenters. The minimum atomic E-state index is 0.340. The van der Waals surface area contributed by atoms with Gasteiger partial charge in [0, 0.05) is 18.3 Å². The lowest BCUT2D eigenvalue weighted by Crippen LogP contribution is -2.50. The minimum absolute atomic E-state index is 0.340. The summed E-state index contributed by atoms with van der Waals surface area (Å²) < 4.78 is 0. The van der Waals surface area contributed by atoms with Crippen LogP contribution in [0.15, 0.2) is 18.2 Å². The van der Waals surface area contributed by atoms with Gasteiger partial charge in [-0.3, -0.25) is 0 Å². The number of hydrogen-bond acceptors (Lipinski definition) is 3. The number of aryl methyl sites for hydroxylation is 1. The first-order valence-electron chi connectivity index (χ1n) is 7.01. The average Bonchev–Trinajstić information content (AvgIpc) is 2.37. The van der Waals surface area contributed by atoms with Crippen molar-refractivity contribution in [1.82, 2.24) is 5.32 Å². The predicted molar refractivity (Wildman–Crippen MR) is 79.2 cm³/mol. The second-order valence-electron chi connectivity index (χ2n) is 6.12. The molecule has 19 heavy (non-hydrogen) atoms. The van der Waals surface area contributed by atoms with E-state index in [4.69, 9.17) is 5.26 Å². The first-order chi connectivity index (χ1) is 9.03. The van der Waals surface area contributed by atoms with Gasteiger partial charge in [-0.15, -0.1) is 0 Å². The monoisotopic (exact) mass is 257 g/mol. The molecule has 1 aliphatic rings. The van der Waals surface area contributed by atoms with E-state index in [-0.39, 0.29) is 0 Å². The highest BCUT2D eigenvalue weighted by Gasteiger charge is 2.31. The summed E-state index contributed by atoms with van der Waals surface area (Å²) >= 11 is 0. The lowest BCUT2D eigenvalue weighted by molar-refractivity contribution is 0.188. The second-order valence-corrected chi connectivity index (χ2v) is 6.12. The van der Waals surface area contributed by atoms with E-state index in [1.54, 1.807) is 0 Å². The number of hydrogen-bond donors (Lipinski definition) is 2. The van der Waals surface area contributed by atoms with Crippen LogP contribution in [-0.4, -0.2) is 19.1 Å². The quantitative estimate of drug-likeness (QED) is 0.875. The van der Waals surface area contributed by atoms with E-state index in [9.17, 15) is 0 Å². The zero-order valence-corrected chi connectivity index (χ0v) is 12.1. The summed E-state index contributed by atoms with van der Waals surface area (Å²) in [5.41, 5.74) is 3.22. The molecular weight excluding hydrogens is 234 g/mol. The second kappa shape index (κ2) is 5.63. The number of nitrogens with one attached hydrogen (secondary N) is 2. The fourth-order valence-electron chi connectivity index (χ4n) is 2.74. The van der Waals surface area contributed by atoms with Crippen LogP contribution in [0.1, 0.15) is 37.8 Å². The van der Waals surface area contributed by atoms with Gasteiger partial charge in [-0.25, -0.2) is 0 Å². The van der Waals surface area contributed by atoms with Gasteiger partial charge in [0.1, 0.15) is 0 Å². The van der Waals surface area contributed by atoms with Crippen LogP contribution in [0.4, 0.5) is 5.69 Å². The van der Waals surface area contributed by atoms with E-state index in [0.29, 0.717) is 11.5 Å². The molecule has 3 heteroatoms. The van der Waals surface area contributed by atoms with Crippen molar-refractivity contribution in [3.05, 3.63) is 29.3 Å². The summed E-state index contributed by atoms with van der Waals surface area (Å²) in [6.07, 6.45) is 2.54. The van der Waals surface area contributed by atoms with E-state index in [0.717, 1.165) is 29.9 Å². The first-order valence-corrected chi connectivity index (χ1v) is 7.01. The van der Waals surface area contributed by atoms with Crippen molar-refractivity contribution in [2.45, 2.75) is 39.7 Å². The minimum Gasteiger partial charge on any atom is -0.383 e. The van der Waals surface area contributed by atoms with Gasteiger partial charge in [-0.05, 0) is 55.5 Å². The van der Waals surface area contributed by atoms with E-state index >= 15 is 0 Å². The maximum Gasteiger partial charge on any atom is 0.0994 e. The normalized spacial score (nSPS) is 21.7. The van der Waals surface area contributed by atoms with Crippen molar-refractivity contribution in [3.8, 4) is 6.07 Å². The molecule has 0 aromatic heterocycles. The molecule has 2 rings (SSSR count). The summed E-state index contributed by atoms with van der Waals surface area (Å²) in [6, 6.07) is 8.62. The highest BCUT2D eigenvalue weighted by molar-refractivity contribution is 5.51. The smallest absolute Gasteiger partial charge is 0.0994 e. The molecule has 0 amide bonds. The molecule has 1 aliphatic heterocycles. The lowest BCUT2D eigenvalue weighted by atomic mass is 9.77. The van der Waals surface area contributed by atoms with E-state index in [2.05, 4.69) is 30.6 Å². The summed E-state index contributed by atoms with van der Waals surface area (Å²) in [6.45, 7) is 8.68. The molecule has 0 bridgehead atoms. The highest BCUT2D eigenvalue weighted by atomic mass is 15.0. The molecule has 1 heterocycles. The van der Waals surface area contributed by atoms with Crippen LogP contribution in [0.25, 0.3) is 0 Å². The zero-order valence-electron chi connectivity index (χ0n) is 12.1. The van der Waals surface area contributed by atoms with Crippen molar-refractivity contribution in [2.24, 2.45) is 5.41 Å². The molecule has 0 aliphatic carbocycles. The summed E-state index contributed by atoms with van der Waals surface area (Å²) in [7, 11) is 0. The molecule has 102 valence electrons. The molecule has 0 spiro atoms. The SMILES string of the molecule is Cc1cc(NCC2NCCCC2(C)C)ccc1C#N. The molecule has 1 aromatic rings. The molecular formula is C16H23N3. The Morgan fingerprint density at radius 3 is 2.89 bits per heavy atom. The Morgan fingerprint density at radius 1 is 1.47 bits per heavy atom. The van der Waals surface area contributed by atoms with Crippen LogP contribution in [0, 0.1) is 23.7 Å². The number of nitrogens with zero attached hydrogens (tertiary/aromatic N) is 1. The van der Waals surface area contributed by atoms with Crippen LogP contribution >= 0.6 is 0 Å². The Bertz CT molecular complexity index is 485. The van der Waals surface area contributed by atoms with Crippen molar-refractivity contribution in [3.63, 3.8) is 0 Å². The summed E-state index contributed by atoms with van der Waals surface area (Å²) in [5.74, 6) is 0. The largest absolute Gasteiger partial charge is 0.383 e. The fourth-order valence-corrected chi connectivity index (χ4v) is 2.74. The Hall–Kier alpha value is -1.53. The van der Waals surface area contributed by atoms with Crippen molar-refractivity contribution >= 4 is 5.69 Å². The molecule has 1 fully saturated rings. The van der Waals surface area contributed by atoms with E-state index in [1.165, 1.54) is 12.8 Å². The van der Waals surface area contributed by atoms with Crippen LogP contribution in [0.2, 0.25) is 0 Å². The van der Waals surface area contributed by atoms with Crippen molar-refractivity contribution < 1.29 is 0 Å². The van der Waals surface area contributed by atoms with Gasteiger partial charge < -0.3 is 10.6 Å². The third-order valence-corrected chi connectivity index (χ3v) is 4.19. The van der Waals surface area contributed by atoms with Crippen molar-refractivity contribution in [1.29, 1.82) is 5.26 Å². The van der Waals surface area contributed by atoms with Crippen LogP contribution in [-0.2, 0) is 0 Å². The van der Waals surface area contributed by atoms with Crippen molar-refractivity contribution in [2.75, 3.05) is 18.4 Å². The van der Waals surface area contributed by atoms with Gasteiger partial charge in [-0.1, -0.05) is 13.8 Å². The molecule has 0 saturated carbocycles. The Balaban J connectivity index is 1.99. The van der Waals surface area contributed by atoms with E-state index in [1.807, 2.05) is 25.1 Å². The fraction of sp³-hybridized carbons (Fsp3) is 0.562. The van der Waals surface area contributed by atoms with Gasteiger partial charge in [-0.2, -0.15) is 5.26 Å². The molecule has 3 nitrogen and oxygen atoms in total. The van der Waals surface area contributed by atoms with Crippen LogP contribution < -0.4 is 10.6 Å². The number of rotatable bonds is 3. The molecule has 2 N–H and O–H groups in total. The number of anilines is 1. The zero-order chi connectivity index (χ0) is 13.9. The average molecular weight is 257 g/mol. The maximum absolute atomic E-state index is 8.93. The molecule has 1 aromatic carbocycles. The highest BCUT2D eigenvalue weighted by Crippen LogP contribution is 2.30. The number of piperidine rings is 1. The third-order valence-electron chi connectivity index (χ3n) is 4.19. The summed E-state index contributed by atoms with van der Waals surface area (Å²) in [4.78, 5) is 0. The Kier molecular flexibility index (Phi) is 4.11. The molecule has 1 saturated heterocycles. The van der Waals surface area contributed by atoms with Crippen LogP contribution in [0.5, 0.6) is 0 Å². The molecule has 1 atom stereocenters. The Labute approximate surface area is 116 Å². The van der Waals surface area contributed by atoms with Gasteiger partial charge >= 0.3 is 0 Å². The number of nitriles is 1. The Morgan fingerprint density at radius 2 is 2.26 bits per heavy atom. The molecule has 0 radical (unpaired) electrons. The van der Waals surface area contributed by atoms with Crippen LogP contribution in [0.3, 0.4) is 0 Å². The topological polar surface area (TPSA) is 47.8 Å². The lowest BCUT2D eigenvalue weighted by Gasteiger charge is -2.39. The number of benzene rings is 1. The summed E-state index contributed by atoms with van der Waals surface area (Å²) in [5, 5.41) is 16.0. The third kappa shape index (κ3) is 3.27.